The number of ketones is 1. The first-order valence-corrected chi connectivity index (χ1v) is 6.90. The standard InChI is InChI=1S/C12H14O3S/c1-9-5-2-3-7-11(9)16(14,15)12-8-4-6-10(12)13/h2-3,5,7,12H,4,6,8H2,1H3. The van der Waals surface area contributed by atoms with E-state index in [-0.39, 0.29) is 5.78 Å². The van der Waals surface area contributed by atoms with Crippen LogP contribution in [-0.4, -0.2) is 19.5 Å². The van der Waals surface area contributed by atoms with Crippen LogP contribution in [0.1, 0.15) is 24.8 Å². The number of hydrogen-bond donors (Lipinski definition) is 0. The SMILES string of the molecule is Cc1ccccc1S(=O)(=O)C1CCCC1=O. The minimum atomic E-state index is -3.47. The van der Waals surface area contributed by atoms with Crippen LogP contribution in [0.25, 0.3) is 0 Å². The average Bonchev–Trinajstić information content (AvgIpc) is 2.65. The fraction of sp³-hybridized carbons (Fsp3) is 0.417. The van der Waals surface area contributed by atoms with Crippen LogP contribution >= 0.6 is 0 Å². The Bertz CT molecular complexity index is 517. The predicted molar refractivity (Wildman–Crippen MR) is 61.0 cm³/mol. The van der Waals surface area contributed by atoms with Crippen molar-refractivity contribution in [1.82, 2.24) is 0 Å². The van der Waals surface area contributed by atoms with Crippen LogP contribution in [0.5, 0.6) is 0 Å². The van der Waals surface area contributed by atoms with Crippen LogP contribution in [0, 0.1) is 6.92 Å². The zero-order chi connectivity index (χ0) is 11.8. The molecule has 0 aliphatic heterocycles. The Kier molecular flexibility index (Phi) is 2.84. The van der Waals surface area contributed by atoms with Gasteiger partial charge in [0.2, 0.25) is 0 Å². The molecule has 16 heavy (non-hydrogen) atoms. The third-order valence-corrected chi connectivity index (χ3v) is 5.34. The monoisotopic (exact) mass is 238 g/mol. The number of carbonyl (C=O) groups is 1. The van der Waals surface area contributed by atoms with E-state index < -0.39 is 15.1 Å². The zero-order valence-corrected chi connectivity index (χ0v) is 9.96. The Balaban J connectivity index is 2.47. The van der Waals surface area contributed by atoms with Crippen molar-refractivity contribution in [3.8, 4) is 0 Å². The summed E-state index contributed by atoms with van der Waals surface area (Å²) in [5.41, 5.74) is 0.710. The number of benzene rings is 1. The van der Waals surface area contributed by atoms with Gasteiger partial charge in [0.25, 0.3) is 0 Å². The summed E-state index contributed by atoms with van der Waals surface area (Å²) in [4.78, 5) is 11.8. The van der Waals surface area contributed by atoms with Crippen molar-refractivity contribution in [1.29, 1.82) is 0 Å². The van der Waals surface area contributed by atoms with Crippen molar-refractivity contribution in [2.24, 2.45) is 0 Å². The van der Waals surface area contributed by atoms with Crippen LogP contribution in [0.3, 0.4) is 0 Å². The van der Waals surface area contributed by atoms with Gasteiger partial charge in [-0.05, 0) is 31.4 Å². The minimum absolute atomic E-state index is 0.136. The molecule has 0 spiro atoms. The lowest BCUT2D eigenvalue weighted by atomic mass is 10.2. The second-order valence-corrected chi connectivity index (χ2v) is 6.26. The van der Waals surface area contributed by atoms with Gasteiger partial charge in [0.05, 0.1) is 4.90 Å². The molecule has 0 saturated heterocycles. The molecule has 1 aromatic rings. The highest BCUT2D eigenvalue weighted by molar-refractivity contribution is 7.92. The number of aryl methyl sites for hydroxylation is 1. The van der Waals surface area contributed by atoms with Crippen LogP contribution in [0.15, 0.2) is 29.2 Å². The fourth-order valence-corrected chi connectivity index (χ4v) is 4.17. The number of Topliss-reactive ketones (excluding diaryl/α,β-unsaturated/α-hetero) is 1. The first kappa shape index (κ1) is 11.3. The lowest BCUT2D eigenvalue weighted by Crippen LogP contribution is -2.25. The van der Waals surface area contributed by atoms with Gasteiger partial charge in [-0.25, -0.2) is 8.42 Å². The van der Waals surface area contributed by atoms with Crippen LogP contribution < -0.4 is 0 Å². The molecule has 1 aromatic carbocycles. The van der Waals surface area contributed by atoms with Crippen LogP contribution in [0.2, 0.25) is 0 Å². The van der Waals surface area contributed by atoms with E-state index in [0.717, 1.165) is 0 Å². The van der Waals surface area contributed by atoms with Gasteiger partial charge in [-0.15, -0.1) is 0 Å². The topological polar surface area (TPSA) is 51.2 Å². The molecule has 1 fully saturated rings. The van der Waals surface area contributed by atoms with Gasteiger partial charge in [-0.3, -0.25) is 4.79 Å². The van der Waals surface area contributed by atoms with Crippen molar-refractivity contribution in [2.45, 2.75) is 36.3 Å². The van der Waals surface area contributed by atoms with Crippen molar-refractivity contribution in [3.63, 3.8) is 0 Å². The van der Waals surface area contributed by atoms with Gasteiger partial charge in [-0.1, -0.05) is 18.2 Å². The third-order valence-electron chi connectivity index (χ3n) is 3.02. The Morgan fingerprint density at radius 3 is 2.50 bits per heavy atom. The van der Waals surface area contributed by atoms with Gasteiger partial charge >= 0.3 is 0 Å². The number of sulfone groups is 1. The maximum absolute atomic E-state index is 12.2. The Morgan fingerprint density at radius 2 is 1.94 bits per heavy atom. The summed E-state index contributed by atoms with van der Waals surface area (Å²) >= 11 is 0. The average molecular weight is 238 g/mol. The summed E-state index contributed by atoms with van der Waals surface area (Å²) < 4.78 is 24.5. The minimum Gasteiger partial charge on any atom is -0.298 e. The summed E-state index contributed by atoms with van der Waals surface area (Å²) in [5, 5.41) is -0.811. The van der Waals surface area contributed by atoms with Crippen molar-refractivity contribution < 1.29 is 13.2 Å². The summed E-state index contributed by atoms with van der Waals surface area (Å²) in [6.45, 7) is 1.76. The number of rotatable bonds is 2. The molecular weight excluding hydrogens is 224 g/mol. The number of hydrogen-bond acceptors (Lipinski definition) is 3. The zero-order valence-electron chi connectivity index (χ0n) is 9.14. The van der Waals surface area contributed by atoms with Crippen molar-refractivity contribution >= 4 is 15.6 Å². The Labute approximate surface area is 95.4 Å². The Morgan fingerprint density at radius 1 is 1.25 bits per heavy atom. The number of carbonyl (C=O) groups excluding carboxylic acids is 1. The second kappa shape index (κ2) is 4.01. The van der Waals surface area contributed by atoms with Gasteiger partial charge in [-0.2, -0.15) is 0 Å². The van der Waals surface area contributed by atoms with Crippen molar-refractivity contribution in [3.05, 3.63) is 29.8 Å². The summed E-state index contributed by atoms with van der Waals surface area (Å²) in [6, 6.07) is 6.83. The molecule has 4 heteroatoms. The van der Waals surface area contributed by atoms with Crippen molar-refractivity contribution in [2.75, 3.05) is 0 Å². The van der Waals surface area contributed by atoms with E-state index in [9.17, 15) is 13.2 Å². The summed E-state index contributed by atoms with van der Waals surface area (Å²) in [5.74, 6) is -0.136. The van der Waals surface area contributed by atoms with Gasteiger partial charge in [0.15, 0.2) is 15.6 Å². The van der Waals surface area contributed by atoms with Gasteiger partial charge < -0.3 is 0 Å². The molecule has 0 heterocycles. The second-order valence-electron chi connectivity index (χ2n) is 4.16. The van der Waals surface area contributed by atoms with E-state index >= 15 is 0 Å². The van der Waals surface area contributed by atoms with E-state index in [1.807, 2.05) is 0 Å². The molecule has 1 unspecified atom stereocenters. The molecular formula is C12H14O3S. The van der Waals surface area contributed by atoms with E-state index in [4.69, 9.17) is 0 Å². The highest BCUT2D eigenvalue weighted by Gasteiger charge is 2.37. The molecule has 1 aliphatic rings. The largest absolute Gasteiger partial charge is 0.298 e. The smallest absolute Gasteiger partial charge is 0.188 e. The van der Waals surface area contributed by atoms with Gasteiger partial charge in [0, 0.05) is 6.42 Å². The lowest BCUT2D eigenvalue weighted by molar-refractivity contribution is -0.117. The molecule has 0 radical (unpaired) electrons. The van der Waals surface area contributed by atoms with Gasteiger partial charge in [0.1, 0.15) is 5.25 Å². The van der Waals surface area contributed by atoms with Crippen LogP contribution in [0.4, 0.5) is 0 Å². The molecule has 86 valence electrons. The molecule has 3 nitrogen and oxygen atoms in total. The Hall–Kier alpha value is -1.16. The molecule has 1 saturated carbocycles. The summed E-state index contributed by atoms with van der Waals surface area (Å²) in [7, 11) is -3.47. The molecule has 0 aromatic heterocycles. The highest BCUT2D eigenvalue weighted by Crippen LogP contribution is 2.28. The molecule has 0 bridgehead atoms. The van der Waals surface area contributed by atoms with E-state index in [1.165, 1.54) is 0 Å². The predicted octanol–water partition coefficient (Wildman–Crippen LogP) is 1.89. The third kappa shape index (κ3) is 1.78. The molecule has 0 amide bonds. The maximum atomic E-state index is 12.2. The fourth-order valence-electron chi connectivity index (χ4n) is 2.14. The van der Waals surface area contributed by atoms with E-state index in [0.29, 0.717) is 29.7 Å². The van der Waals surface area contributed by atoms with Crippen LogP contribution in [-0.2, 0) is 14.6 Å². The van der Waals surface area contributed by atoms with E-state index in [2.05, 4.69) is 0 Å². The molecule has 1 atom stereocenters. The normalized spacial score (nSPS) is 21.3. The van der Waals surface area contributed by atoms with E-state index in [1.54, 1.807) is 31.2 Å². The quantitative estimate of drug-likeness (QED) is 0.790. The highest BCUT2D eigenvalue weighted by atomic mass is 32.2. The molecule has 2 rings (SSSR count). The lowest BCUT2D eigenvalue weighted by Gasteiger charge is -2.11. The first-order valence-electron chi connectivity index (χ1n) is 5.36. The molecule has 1 aliphatic carbocycles. The summed E-state index contributed by atoms with van der Waals surface area (Å²) in [6.07, 6.45) is 1.56. The first-order chi connectivity index (χ1) is 7.53. The maximum Gasteiger partial charge on any atom is 0.188 e. The molecule has 0 N–H and O–H groups in total.